The Morgan fingerprint density at radius 2 is 1.83 bits per heavy atom. The first-order valence-electron chi connectivity index (χ1n) is 7.02. The third-order valence-corrected chi connectivity index (χ3v) is 3.54. The number of carbonyl (C=O) groups excluding carboxylic acids is 1. The minimum atomic E-state index is -0.387. The zero-order valence-electron chi connectivity index (χ0n) is 13.2. The first-order chi connectivity index (χ1) is 11.0. The smallest absolute Gasteiger partial charge is 0.256 e. The number of benzene rings is 2. The van der Waals surface area contributed by atoms with Crippen molar-refractivity contribution >= 4 is 11.7 Å². The molecule has 2 aromatic carbocycles. The van der Waals surface area contributed by atoms with E-state index in [0.717, 1.165) is 11.1 Å². The second-order valence-electron chi connectivity index (χ2n) is 5.16. The van der Waals surface area contributed by atoms with Crippen molar-refractivity contribution in [1.82, 2.24) is 5.32 Å². The third-order valence-electron chi connectivity index (χ3n) is 3.54. The van der Waals surface area contributed by atoms with Crippen molar-refractivity contribution < 1.29 is 9.53 Å². The highest BCUT2D eigenvalue weighted by molar-refractivity contribution is 6.11. The molecule has 0 aliphatic carbocycles. The zero-order valence-corrected chi connectivity index (χ0v) is 13.2. The van der Waals surface area contributed by atoms with E-state index in [1.807, 2.05) is 13.0 Å². The Bertz CT molecular complexity index is 799. The van der Waals surface area contributed by atoms with Gasteiger partial charge < -0.3 is 10.1 Å². The molecule has 2 aromatic rings. The maximum atomic E-state index is 12.2. The maximum absolute atomic E-state index is 12.2. The summed E-state index contributed by atoms with van der Waals surface area (Å²) in [6.45, 7) is 3.68. The molecule has 2 N–H and O–H groups in total. The van der Waals surface area contributed by atoms with Crippen molar-refractivity contribution in [3.8, 4) is 11.8 Å². The number of nitriles is 1. The second kappa shape index (κ2) is 6.75. The maximum Gasteiger partial charge on any atom is 0.256 e. The summed E-state index contributed by atoms with van der Waals surface area (Å²) in [7, 11) is 1.56. The molecule has 116 valence electrons. The summed E-state index contributed by atoms with van der Waals surface area (Å²) in [4.78, 5) is 12.2. The summed E-state index contributed by atoms with van der Waals surface area (Å²) in [6.07, 6.45) is 0. The minimum absolute atomic E-state index is 0.00434. The molecule has 1 amide bonds. The van der Waals surface area contributed by atoms with Crippen molar-refractivity contribution in [3.05, 3.63) is 64.2 Å². The van der Waals surface area contributed by atoms with Gasteiger partial charge >= 0.3 is 0 Å². The average Bonchev–Trinajstić information content (AvgIpc) is 2.54. The molecular formula is C18H17N3O2. The lowest BCUT2D eigenvalue weighted by atomic mass is 10.1. The van der Waals surface area contributed by atoms with Crippen LogP contribution in [0.1, 0.15) is 32.6 Å². The van der Waals surface area contributed by atoms with Gasteiger partial charge in [0, 0.05) is 11.1 Å². The van der Waals surface area contributed by atoms with Crippen LogP contribution in [0.25, 0.3) is 0 Å². The molecule has 0 fully saturated rings. The zero-order chi connectivity index (χ0) is 17.0. The van der Waals surface area contributed by atoms with Crippen LogP contribution in [0.2, 0.25) is 0 Å². The van der Waals surface area contributed by atoms with Crippen molar-refractivity contribution in [1.29, 1.82) is 10.7 Å². The molecule has 0 saturated heterocycles. The van der Waals surface area contributed by atoms with E-state index in [1.165, 1.54) is 0 Å². The molecule has 5 heteroatoms. The van der Waals surface area contributed by atoms with E-state index in [0.29, 0.717) is 22.4 Å². The minimum Gasteiger partial charge on any atom is -0.496 e. The molecule has 0 aliphatic heterocycles. The van der Waals surface area contributed by atoms with Gasteiger partial charge in [-0.1, -0.05) is 12.1 Å². The summed E-state index contributed by atoms with van der Waals surface area (Å²) in [5, 5.41) is 19.5. The van der Waals surface area contributed by atoms with E-state index in [1.54, 1.807) is 44.4 Å². The number of ether oxygens (including phenoxy) is 1. The Morgan fingerprint density at radius 1 is 1.13 bits per heavy atom. The molecule has 0 aromatic heterocycles. The van der Waals surface area contributed by atoms with Crippen molar-refractivity contribution in [2.45, 2.75) is 13.8 Å². The van der Waals surface area contributed by atoms with Crippen LogP contribution in [0.3, 0.4) is 0 Å². The summed E-state index contributed by atoms with van der Waals surface area (Å²) in [6, 6.07) is 12.2. The Balaban J connectivity index is 2.18. The molecule has 0 saturated carbocycles. The van der Waals surface area contributed by atoms with E-state index < -0.39 is 0 Å². The van der Waals surface area contributed by atoms with Gasteiger partial charge in [0.05, 0.1) is 18.7 Å². The number of methoxy groups -OCH3 is 1. The van der Waals surface area contributed by atoms with Crippen molar-refractivity contribution in [2.24, 2.45) is 0 Å². The fourth-order valence-corrected chi connectivity index (χ4v) is 2.16. The van der Waals surface area contributed by atoms with Crippen LogP contribution in [0.4, 0.5) is 0 Å². The normalized spacial score (nSPS) is 9.83. The Hall–Kier alpha value is -3.13. The Kier molecular flexibility index (Phi) is 4.77. The molecule has 0 spiro atoms. The largest absolute Gasteiger partial charge is 0.496 e. The summed E-state index contributed by atoms with van der Waals surface area (Å²) in [5.41, 5.74) is 3.18. The molecule has 5 nitrogen and oxygen atoms in total. The van der Waals surface area contributed by atoms with Gasteiger partial charge in [-0.05, 0) is 49.2 Å². The van der Waals surface area contributed by atoms with Gasteiger partial charge in [0.15, 0.2) is 0 Å². The number of aryl methyl sites for hydroxylation is 2. The SMILES string of the molecule is COc1cc(C(=N)NC(=O)c2ccc(C#N)c(C)c2)ccc1C. The van der Waals surface area contributed by atoms with E-state index in [9.17, 15) is 4.79 Å². The summed E-state index contributed by atoms with van der Waals surface area (Å²) in [5.74, 6) is 0.271. The van der Waals surface area contributed by atoms with E-state index in [4.69, 9.17) is 15.4 Å². The number of carbonyl (C=O) groups is 1. The molecule has 0 heterocycles. The standard InChI is InChI=1S/C18H17N3O2/c1-11-4-5-13(9-16(11)23-3)17(20)21-18(22)14-6-7-15(10-19)12(2)8-14/h4-9H,1-3H3,(H2,20,21,22). The van der Waals surface area contributed by atoms with Crippen molar-refractivity contribution in [2.75, 3.05) is 7.11 Å². The average molecular weight is 307 g/mol. The van der Waals surface area contributed by atoms with Gasteiger partial charge in [-0.15, -0.1) is 0 Å². The van der Waals surface area contributed by atoms with E-state index >= 15 is 0 Å². The third kappa shape index (κ3) is 3.55. The number of hydrogen-bond acceptors (Lipinski definition) is 4. The number of rotatable bonds is 3. The van der Waals surface area contributed by atoms with Gasteiger partial charge in [-0.2, -0.15) is 5.26 Å². The second-order valence-corrected chi connectivity index (χ2v) is 5.16. The van der Waals surface area contributed by atoms with E-state index in [2.05, 4.69) is 11.4 Å². The number of nitrogens with one attached hydrogen (secondary N) is 2. The predicted molar refractivity (Wildman–Crippen MR) is 87.9 cm³/mol. The van der Waals surface area contributed by atoms with Gasteiger partial charge in [0.25, 0.3) is 5.91 Å². The lowest BCUT2D eigenvalue weighted by Crippen LogP contribution is -2.30. The fourth-order valence-electron chi connectivity index (χ4n) is 2.16. The lowest BCUT2D eigenvalue weighted by Gasteiger charge is -2.10. The topological polar surface area (TPSA) is 86.0 Å². The monoisotopic (exact) mass is 307 g/mol. The first-order valence-corrected chi connectivity index (χ1v) is 7.02. The van der Waals surface area contributed by atoms with Gasteiger partial charge in [-0.25, -0.2) is 0 Å². The number of hydrogen-bond donors (Lipinski definition) is 2. The van der Waals surface area contributed by atoms with Crippen molar-refractivity contribution in [3.63, 3.8) is 0 Å². The lowest BCUT2D eigenvalue weighted by molar-refractivity contribution is 0.0977. The number of amides is 1. The van der Waals surface area contributed by atoms with Crippen LogP contribution in [0, 0.1) is 30.6 Å². The molecule has 2 rings (SSSR count). The van der Waals surface area contributed by atoms with Gasteiger partial charge in [-0.3, -0.25) is 10.2 Å². The number of amidine groups is 1. The first kappa shape index (κ1) is 16.2. The summed E-state index contributed by atoms with van der Waals surface area (Å²) < 4.78 is 5.23. The number of nitrogens with zero attached hydrogens (tertiary/aromatic N) is 1. The molecule has 0 unspecified atom stereocenters. The van der Waals surface area contributed by atoms with Crippen LogP contribution in [0.5, 0.6) is 5.75 Å². The van der Waals surface area contributed by atoms with Gasteiger partial charge in [0.1, 0.15) is 11.6 Å². The highest BCUT2D eigenvalue weighted by Crippen LogP contribution is 2.19. The van der Waals surface area contributed by atoms with Gasteiger partial charge in [0.2, 0.25) is 0 Å². The molecule has 0 aliphatic rings. The Morgan fingerprint density at radius 3 is 2.43 bits per heavy atom. The molecule has 0 radical (unpaired) electrons. The molecule has 23 heavy (non-hydrogen) atoms. The molecular weight excluding hydrogens is 290 g/mol. The molecule has 0 bridgehead atoms. The van der Waals surface area contributed by atoms with Crippen LogP contribution in [-0.2, 0) is 0 Å². The highest BCUT2D eigenvalue weighted by Gasteiger charge is 2.12. The fraction of sp³-hybridized carbons (Fsp3) is 0.167. The van der Waals surface area contributed by atoms with Crippen LogP contribution in [-0.4, -0.2) is 18.9 Å². The predicted octanol–water partition coefficient (Wildman–Crippen LogP) is 2.94. The summed E-state index contributed by atoms with van der Waals surface area (Å²) >= 11 is 0. The van der Waals surface area contributed by atoms with Crippen LogP contribution in [0.15, 0.2) is 36.4 Å². The Labute approximate surface area is 135 Å². The molecule has 0 atom stereocenters. The quantitative estimate of drug-likeness (QED) is 0.675. The van der Waals surface area contributed by atoms with Crippen LogP contribution < -0.4 is 10.1 Å². The highest BCUT2D eigenvalue weighted by atomic mass is 16.5. The van der Waals surface area contributed by atoms with Crippen LogP contribution >= 0.6 is 0 Å². The van der Waals surface area contributed by atoms with E-state index in [-0.39, 0.29) is 11.7 Å².